The van der Waals surface area contributed by atoms with E-state index in [9.17, 15) is 13.2 Å². The highest BCUT2D eigenvalue weighted by molar-refractivity contribution is 7.89. The minimum absolute atomic E-state index is 0. The number of rotatable bonds is 4. The summed E-state index contributed by atoms with van der Waals surface area (Å²) in [5.41, 5.74) is 1.89. The Labute approximate surface area is 139 Å². The molecule has 1 aromatic heterocycles. The molecule has 23 heavy (non-hydrogen) atoms. The maximum absolute atomic E-state index is 12.3. The van der Waals surface area contributed by atoms with Gasteiger partial charge in [-0.05, 0) is 25.1 Å². The first-order valence-electron chi connectivity index (χ1n) is 6.95. The smallest absolute Gasteiger partial charge is 0.408 e. The highest BCUT2D eigenvalue weighted by Gasteiger charge is 2.17. The second-order valence-corrected chi connectivity index (χ2v) is 6.96. The minimum atomic E-state index is -3.64. The van der Waals surface area contributed by atoms with E-state index in [1.165, 1.54) is 16.7 Å². The lowest BCUT2D eigenvalue weighted by Crippen LogP contribution is -2.29. The highest BCUT2D eigenvalue weighted by Crippen LogP contribution is 2.18. The Kier molecular flexibility index (Phi) is 5.30. The average Bonchev–Trinajstić information content (AvgIpc) is 2.81. The van der Waals surface area contributed by atoms with E-state index in [1.54, 1.807) is 13.1 Å². The first-order chi connectivity index (χ1) is 10.5. The van der Waals surface area contributed by atoms with E-state index >= 15 is 0 Å². The Morgan fingerprint density at radius 3 is 2.87 bits per heavy atom. The summed E-state index contributed by atoms with van der Waals surface area (Å²) in [6, 6.07) is 4.41. The summed E-state index contributed by atoms with van der Waals surface area (Å²) in [6.45, 7) is 1.91. The third-order valence-corrected chi connectivity index (χ3v) is 5.12. The fraction of sp³-hybridized carbons (Fsp3) is 0.357. The molecule has 0 radical (unpaired) electrons. The van der Waals surface area contributed by atoms with E-state index in [0.29, 0.717) is 12.1 Å². The first-order valence-corrected chi connectivity index (χ1v) is 8.43. The maximum Gasteiger partial charge on any atom is 0.419 e. The summed E-state index contributed by atoms with van der Waals surface area (Å²) >= 11 is 0. The summed E-state index contributed by atoms with van der Waals surface area (Å²) in [7, 11) is -2.06. The second-order valence-electron chi connectivity index (χ2n) is 5.20. The van der Waals surface area contributed by atoms with E-state index < -0.39 is 15.8 Å². The van der Waals surface area contributed by atoms with Crippen molar-refractivity contribution in [2.75, 3.05) is 19.6 Å². The lowest BCUT2D eigenvalue weighted by Gasteiger charge is -2.14. The van der Waals surface area contributed by atoms with E-state index in [0.717, 1.165) is 25.1 Å². The van der Waals surface area contributed by atoms with Crippen LogP contribution < -0.4 is 15.8 Å². The van der Waals surface area contributed by atoms with Crippen LogP contribution in [0.5, 0.6) is 0 Å². The molecule has 1 aromatic carbocycles. The van der Waals surface area contributed by atoms with E-state index in [4.69, 9.17) is 4.42 Å². The zero-order valence-corrected chi connectivity index (χ0v) is 14.2. The van der Waals surface area contributed by atoms with Gasteiger partial charge in [0.05, 0.1) is 10.4 Å². The van der Waals surface area contributed by atoms with Crippen molar-refractivity contribution in [1.29, 1.82) is 0 Å². The van der Waals surface area contributed by atoms with Crippen molar-refractivity contribution in [2.24, 2.45) is 7.05 Å². The van der Waals surface area contributed by atoms with Crippen LogP contribution in [0.25, 0.3) is 11.1 Å². The van der Waals surface area contributed by atoms with Crippen molar-refractivity contribution in [3.05, 3.63) is 40.4 Å². The number of fused-ring (bicyclic) bond motifs is 1. The molecule has 2 aromatic rings. The van der Waals surface area contributed by atoms with Gasteiger partial charge in [0.1, 0.15) is 0 Å². The Bertz CT molecular complexity index is 898. The lowest BCUT2D eigenvalue weighted by atomic mass is 10.1. The lowest BCUT2D eigenvalue weighted by molar-refractivity contribution is 0.527. The number of benzene rings is 1. The molecule has 3 rings (SSSR count). The quantitative estimate of drug-likeness (QED) is 0.786. The molecule has 9 heteroatoms. The van der Waals surface area contributed by atoms with Gasteiger partial charge >= 0.3 is 5.76 Å². The molecule has 1 aliphatic heterocycles. The number of hydrogen-bond donors (Lipinski definition) is 2. The zero-order chi connectivity index (χ0) is 15.7. The van der Waals surface area contributed by atoms with E-state index in [2.05, 4.69) is 10.0 Å². The molecule has 0 saturated carbocycles. The molecule has 0 unspecified atom stereocenters. The van der Waals surface area contributed by atoms with Crippen LogP contribution in [0.2, 0.25) is 0 Å². The van der Waals surface area contributed by atoms with Crippen LogP contribution in [0.1, 0.15) is 6.42 Å². The number of hydrogen-bond acceptors (Lipinski definition) is 5. The molecule has 126 valence electrons. The fourth-order valence-corrected chi connectivity index (χ4v) is 3.43. The molecule has 2 N–H and O–H groups in total. The third kappa shape index (κ3) is 3.66. The summed E-state index contributed by atoms with van der Waals surface area (Å²) in [5.74, 6) is -0.516. The molecule has 0 saturated heterocycles. The molecule has 0 aliphatic carbocycles. The Morgan fingerprint density at radius 1 is 1.39 bits per heavy atom. The number of aromatic nitrogens is 1. The monoisotopic (exact) mass is 359 g/mol. The van der Waals surface area contributed by atoms with Crippen LogP contribution >= 0.6 is 12.4 Å². The second kappa shape index (κ2) is 6.88. The van der Waals surface area contributed by atoms with Gasteiger partial charge in [0.15, 0.2) is 5.58 Å². The van der Waals surface area contributed by atoms with Crippen LogP contribution in [0, 0.1) is 0 Å². The van der Waals surface area contributed by atoms with Crippen molar-refractivity contribution >= 4 is 33.5 Å². The van der Waals surface area contributed by atoms with Crippen molar-refractivity contribution in [1.82, 2.24) is 14.6 Å². The van der Waals surface area contributed by atoms with Crippen molar-refractivity contribution in [3.63, 3.8) is 0 Å². The maximum atomic E-state index is 12.3. The van der Waals surface area contributed by atoms with Crippen LogP contribution in [0.4, 0.5) is 0 Å². The number of halogens is 1. The topological polar surface area (TPSA) is 93.3 Å². The largest absolute Gasteiger partial charge is 0.419 e. The number of oxazole rings is 1. The molecule has 0 spiro atoms. The van der Waals surface area contributed by atoms with Gasteiger partial charge in [-0.3, -0.25) is 4.57 Å². The highest BCUT2D eigenvalue weighted by atomic mass is 35.5. The van der Waals surface area contributed by atoms with Crippen molar-refractivity contribution in [3.8, 4) is 0 Å². The molecular formula is C14H18ClN3O4S. The van der Waals surface area contributed by atoms with Gasteiger partial charge in [0, 0.05) is 26.2 Å². The van der Waals surface area contributed by atoms with Gasteiger partial charge in [-0.25, -0.2) is 17.9 Å². The number of aryl methyl sites for hydroxylation is 1. The van der Waals surface area contributed by atoms with Gasteiger partial charge in [-0.2, -0.15) is 0 Å². The predicted octanol–water partition coefficient (Wildman–Crippen LogP) is 0.751. The SMILES string of the molecule is Cl.Cn1c(=O)oc2cc(S(=O)(=O)NCC3=CCNCC3)ccc21. The summed E-state index contributed by atoms with van der Waals surface area (Å²) < 4.78 is 33.6. The molecule has 0 atom stereocenters. The summed E-state index contributed by atoms with van der Waals surface area (Å²) in [5, 5.41) is 3.17. The number of nitrogens with zero attached hydrogens (tertiary/aromatic N) is 1. The third-order valence-electron chi connectivity index (χ3n) is 3.72. The van der Waals surface area contributed by atoms with E-state index in [-0.39, 0.29) is 22.9 Å². The summed E-state index contributed by atoms with van der Waals surface area (Å²) in [6.07, 6.45) is 2.82. The molecule has 1 aliphatic rings. The standard InChI is InChI=1S/C14H17N3O4S.ClH/c1-17-12-3-2-11(8-13(12)21-14(17)18)22(19,20)16-9-10-4-6-15-7-5-10;/h2-4,8,15-16H,5-7,9H2,1H3;1H. The Morgan fingerprint density at radius 2 is 2.17 bits per heavy atom. The first kappa shape index (κ1) is 17.7. The predicted molar refractivity (Wildman–Crippen MR) is 89.5 cm³/mol. The fourth-order valence-electron chi connectivity index (χ4n) is 2.38. The molecule has 0 fully saturated rings. The van der Waals surface area contributed by atoms with E-state index in [1.807, 2.05) is 6.08 Å². The molecular weight excluding hydrogens is 342 g/mol. The van der Waals surface area contributed by atoms with Crippen molar-refractivity contribution < 1.29 is 12.8 Å². The van der Waals surface area contributed by atoms with Crippen LogP contribution in [-0.4, -0.2) is 32.6 Å². The van der Waals surface area contributed by atoms with Gasteiger partial charge in [0.25, 0.3) is 0 Å². The number of sulfonamides is 1. The van der Waals surface area contributed by atoms with Gasteiger partial charge in [-0.15, -0.1) is 12.4 Å². The molecule has 2 heterocycles. The molecule has 0 bridgehead atoms. The summed E-state index contributed by atoms with van der Waals surface area (Å²) in [4.78, 5) is 11.5. The molecule has 7 nitrogen and oxygen atoms in total. The Balaban J connectivity index is 0.00000192. The van der Waals surface area contributed by atoms with Gasteiger partial charge in [0.2, 0.25) is 10.0 Å². The van der Waals surface area contributed by atoms with Crippen LogP contribution in [0.15, 0.2) is 44.0 Å². The normalized spacial score (nSPS) is 15.3. The van der Waals surface area contributed by atoms with Crippen LogP contribution in [-0.2, 0) is 17.1 Å². The van der Waals surface area contributed by atoms with Gasteiger partial charge in [-0.1, -0.05) is 11.6 Å². The Hall–Kier alpha value is -1.61. The minimum Gasteiger partial charge on any atom is -0.408 e. The van der Waals surface area contributed by atoms with Crippen molar-refractivity contribution in [2.45, 2.75) is 11.3 Å². The van der Waals surface area contributed by atoms with Gasteiger partial charge < -0.3 is 9.73 Å². The molecule has 0 amide bonds. The van der Waals surface area contributed by atoms with Crippen LogP contribution in [0.3, 0.4) is 0 Å². The average molecular weight is 360 g/mol. The number of nitrogens with one attached hydrogen (secondary N) is 2. The zero-order valence-electron chi connectivity index (χ0n) is 12.5.